The third-order valence-electron chi connectivity index (χ3n) is 6.85. The van der Waals surface area contributed by atoms with Crippen molar-refractivity contribution in [3.8, 4) is 0 Å². The van der Waals surface area contributed by atoms with Crippen molar-refractivity contribution in [1.82, 2.24) is 9.21 Å². The number of hydrogen-bond acceptors (Lipinski definition) is 6. The van der Waals surface area contributed by atoms with Crippen molar-refractivity contribution in [2.24, 2.45) is 10.9 Å². The Morgan fingerprint density at radius 2 is 1.73 bits per heavy atom. The smallest absolute Gasteiger partial charge is 0.244 e. The molecule has 0 unspecified atom stereocenters. The molecule has 3 N–H and O–H groups in total. The number of rotatable bonds is 9. The number of likely N-dealkylation sites (tertiary alicyclic amines) is 1. The highest BCUT2D eigenvalue weighted by atomic mass is 32.2. The maximum Gasteiger partial charge on any atom is 0.244 e. The highest BCUT2D eigenvalue weighted by Crippen LogP contribution is 2.28. The summed E-state index contributed by atoms with van der Waals surface area (Å²) in [5, 5.41) is 7.92. The third-order valence-corrected chi connectivity index (χ3v) is 8.70. The fraction of sp³-hybridized carbons (Fsp3) is 0.167. The number of hydrazone groups is 1. The predicted octanol–water partition coefficient (Wildman–Crippen LogP) is 3.56. The average molecular weight is 556 g/mol. The number of amides is 2. The van der Waals surface area contributed by atoms with Gasteiger partial charge in [0.15, 0.2) is 0 Å². The van der Waals surface area contributed by atoms with Gasteiger partial charge < -0.3 is 16.1 Å². The summed E-state index contributed by atoms with van der Waals surface area (Å²) in [5.74, 6) is 4.38. The van der Waals surface area contributed by atoms with Crippen LogP contribution < -0.4 is 11.2 Å². The van der Waals surface area contributed by atoms with E-state index in [9.17, 15) is 18.0 Å². The number of nitrogens with zero attached hydrogens (tertiary/aromatic N) is 3. The molecule has 0 bridgehead atoms. The molecule has 0 aliphatic carbocycles. The molecule has 5 rings (SSSR count). The lowest BCUT2D eigenvalue weighted by atomic mass is 10.1. The first kappa shape index (κ1) is 27.0. The van der Waals surface area contributed by atoms with Gasteiger partial charge in [-0.25, -0.2) is 8.42 Å². The van der Waals surface area contributed by atoms with Crippen molar-refractivity contribution < 1.29 is 18.0 Å². The van der Waals surface area contributed by atoms with E-state index >= 15 is 0 Å². The Morgan fingerprint density at radius 1 is 0.975 bits per heavy atom. The second-order valence-corrected chi connectivity index (χ2v) is 11.5. The molecule has 0 radical (unpaired) electrons. The number of para-hydroxylation sites is 1. The van der Waals surface area contributed by atoms with Gasteiger partial charge in [0, 0.05) is 18.8 Å². The SMILES string of the molecule is NN=Cc1cccc(CN2CC[C@H](N(CC(=O)Nc3ccccc3)S(=O)(=O)c3ccc4ccccc4c3)C2=O)c1. The van der Waals surface area contributed by atoms with Gasteiger partial charge in [-0.3, -0.25) is 9.59 Å². The molecule has 0 aromatic heterocycles. The number of benzene rings is 4. The lowest BCUT2D eigenvalue weighted by Crippen LogP contribution is -2.48. The molecule has 1 heterocycles. The quantitative estimate of drug-likeness (QED) is 0.186. The minimum atomic E-state index is -4.21. The fourth-order valence-corrected chi connectivity index (χ4v) is 6.52. The molecule has 204 valence electrons. The molecule has 0 saturated carbocycles. The summed E-state index contributed by atoms with van der Waals surface area (Å²) in [6.07, 6.45) is 1.77. The number of carbonyl (C=O) groups excluding carboxylic acids is 2. The van der Waals surface area contributed by atoms with E-state index in [0.29, 0.717) is 18.8 Å². The molecule has 1 aliphatic heterocycles. The van der Waals surface area contributed by atoms with Crippen LogP contribution in [0.5, 0.6) is 0 Å². The second kappa shape index (κ2) is 11.7. The van der Waals surface area contributed by atoms with Gasteiger partial charge in [-0.15, -0.1) is 0 Å². The van der Waals surface area contributed by atoms with E-state index in [-0.39, 0.29) is 17.2 Å². The van der Waals surface area contributed by atoms with Crippen LogP contribution in [0.4, 0.5) is 5.69 Å². The van der Waals surface area contributed by atoms with Crippen LogP contribution in [0.3, 0.4) is 0 Å². The average Bonchev–Trinajstić information content (AvgIpc) is 3.31. The van der Waals surface area contributed by atoms with Crippen LogP contribution in [0.1, 0.15) is 17.5 Å². The summed E-state index contributed by atoms with van der Waals surface area (Å²) < 4.78 is 29.1. The zero-order valence-electron chi connectivity index (χ0n) is 21.7. The van der Waals surface area contributed by atoms with Crippen LogP contribution in [0, 0.1) is 0 Å². The van der Waals surface area contributed by atoms with E-state index in [1.807, 2.05) is 54.6 Å². The van der Waals surface area contributed by atoms with E-state index in [1.165, 1.54) is 12.3 Å². The van der Waals surface area contributed by atoms with Crippen LogP contribution >= 0.6 is 0 Å². The Bertz CT molecular complexity index is 1670. The van der Waals surface area contributed by atoms with Crippen molar-refractivity contribution in [1.29, 1.82) is 0 Å². The zero-order valence-corrected chi connectivity index (χ0v) is 22.5. The normalized spacial score (nSPS) is 15.8. The van der Waals surface area contributed by atoms with E-state index in [4.69, 9.17) is 5.84 Å². The molecular formula is C30H29N5O4S. The Labute approximate surface area is 232 Å². The van der Waals surface area contributed by atoms with Crippen molar-refractivity contribution in [2.75, 3.05) is 18.4 Å². The van der Waals surface area contributed by atoms with E-state index in [0.717, 1.165) is 26.2 Å². The van der Waals surface area contributed by atoms with Gasteiger partial charge in [-0.1, -0.05) is 66.7 Å². The van der Waals surface area contributed by atoms with Gasteiger partial charge in [-0.05, 0) is 58.7 Å². The first-order chi connectivity index (χ1) is 19.3. The van der Waals surface area contributed by atoms with Gasteiger partial charge >= 0.3 is 0 Å². The summed E-state index contributed by atoms with van der Waals surface area (Å²) in [4.78, 5) is 28.4. The van der Waals surface area contributed by atoms with Gasteiger partial charge in [0.2, 0.25) is 21.8 Å². The number of anilines is 1. The van der Waals surface area contributed by atoms with Crippen molar-refractivity contribution >= 4 is 44.5 Å². The van der Waals surface area contributed by atoms with E-state index in [2.05, 4.69) is 10.4 Å². The van der Waals surface area contributed by atoms with Crippen LogP contribution in [0.25, 0.3) is 10.8 Å². The van der Waals surface area contributed by atoms with Crippen LogP contribution in [0.15, 0.2) is 107 Å². The Kier molecular flexibility index (Phi) is 7.90. The molecule has 10 heteroatoms. The lowest BCUT2D eigenvalue weighted by molar-refractivity contribution is -0.131. The molecule has 0 spiro atoms. The lowest BCUT2D eigenvalue weighted by Gasteiger charge is -2.27. The monoisotopic (exact) mass is 555 g/mol. The number of sulfonamides is 1. The zero-order chi connectivity index (χ0) is 28.1. The number of hydrogen-bond donors (Lipinski definition) is 2. The van der Waals surface area contributed by atoms with E-state index < -0.39 is 28.5 Å². The minimum Gasteiger partial charge on any atom is -0.337 e. The highest BCUT2D eigenvalue weighted by Gasteiger charge is 2.43. The minimum absolute atomic E-state index is 0.0266. The number of carbonyl (C=O) groups is 2. The Morgan fingerprint density at radius 3 is 2.50 bits per heavy atom. The molecule has 2 amide bonds. The van der Waals surface area contributed by atoms with Gasteiger partial charge in [0.1, 0.15) is 6.04 Å². The third kappa shape index (κ3) is 5.88. The molecule has 40 heavy (non-hydrogen) atoms. The number of nitrogens with two attached hydrogens (primary N) is 1. The maximum atomic E-state index is 14.0. The molecule has 1 saturated heterocycles. The summed E-state index contributed by atoms with van der Waals surface area (Å²) in [7, 11) is -4.21. The Hall–Kier alpha value is -4.54. The predicted molar refractivity (Wildman–Crippen MR) is 155 cm³/mol. The molecule has 4 aromatic rings. The first-order valence-corrected chi connectivity index (χ1v) is 14.3. The summed E-state index contributed by atoms with van der Waals surface area (Å²) in [6.45, 7) is 0.140. The second-order valence-electron chi connectivity index (χ2n) is 9.56. The van der Waals surface area contributed by atoms with Crippen molar-refractivity contribution in [2.45, 2.75) is 23.9 Å². The van der Waals surface area contributed by atoms with Gasteiger partial charge in [-0.2, -0.15) is 9.41 Å². The molecular weight excluding hydrogens is 526 g/mol. The van der Waals surface area contributed by atoms with Crippen LogP contribution in [0.2, 0.25) is 0 Å². The molecule has 4 aromatic carbocycles. The van der Waals surface area contributed by atoms with Crippen LogP contribution in [-0.2, 0) is 26.2 Å². The summed E-state index contributed by atoms with van der Waals surface area (Å²) >= 11 is 0. The number of nitrogens with one attached hydrogen (secondary N) is 1. The van der Waals surface area contributed by atoms with Crippen LogP contribution in [-0.4, -0.2) is 54.8 Å². The van der Waals surface area contributed by atoms with Gasteiger partial charge in [0.05, 0.1) is 17.7 Å². The highest BCUT2D eigenvalue weighted by molar-refractivity contribution is 7.89. The largest absolute Gasteiger partial charge is 0.337 e. The molecule has 9 nitrogen and oxygen atoms in total. The van der Waals surface area contributed by atoms with Gasteiger partial charge in [0.25, 0.3) is 0 Å². The van der Waals surface area contributed by atoms with E-state index in [1.54, 1.807) is 41.3 Å². The molecule has 1 atom stereocenters. The maximum absolute atomic E-state index is 14.0. The fourth-order valence-electron chi connectivity index (χ4n) is 4.91. The van der Waals surface area contributed by atoms with Crippen molar-refractivity contribution in [3.63, 3.8) is 0 Å². The van der Waals surface area contributed by atoms with Crippen molar-refractivity contribution in [3.05, 3.63) is 108 Å². The summed E-state index contributed by atoms with van der Waals surface area (Å²) in [5.41, 5.74) is 2.19. The molecule has 1 aliphatic rings. The standard InChI is InChI=1S/C30H29N5O4S/c31-32-19-22-7-6-8-23(17-22)20-34-16-15-28(30(34)37)35(21-29(36)33-26-11-2-1-3-12-26)40(38,39)27-14-13-24-9-4-5-10-25(24)18-27/h1-14,17-19,28H,15-16,20-21,31H2,(H,33,36)/t28-/m0/s1. The first-order valence-electron chi connectivity index (χ1n) is 12.8. The molecule has 1 fully saturated rings. The Balaban J connectivity index is 1.44. The summed E-state index contributed by atoms with van der Waals surface area (Å²) in [6, 6.07) is 27.4. The number of fused-ring (bicyclic) bond motifs is 1. The topological polar surface area (TPSA) is 125 Å².